The fraction of sp³-hybridized carbons (Fsp3) is 0.342. The molecular weight excluding hydrogens is 627 g/mol. The molecule has 3 aromatic carbocycles. The van der Waals surface area contributed by atoms with Crippen molar-refractivity contribution in [2.75, 3.05) is 18.0 Å². The highest BCUT2D eigenvalue weighted by Crippen LogP contribution is 2.34. The third-order valence-electron chi connectivity index (χ3n) is 8.56. The summed E-state index contributed by atoms with van der Waals surface area (Å²) in [4.78, 5) is 32.7. The first-order chi connectivity index (χ1) is 23.4. The second-order valence-electron chi connectivity index (χ2n) is 13.5. The maximum absolute atomic E-state index is 16.0. The standard InChI is InChI=1S/C38H41FN4O6/c1-37(2,3)49-34(44)23-38(46)17-19-42(20-18-38)30-22-31-32(21-28(30)39)43(36(45)41(31)4)29-15-16-33(47-24-26-11-7-5-8-12-26)40-35(29)48-25-27-13-9-6-10-14-27/h5-16,21-22,46H,17-20,23-25H2,1-4H3. The van der Waals surface area contributed by atoms with Gasteiger partial charge in [-0.2, -0.15) is 4.98 Å². The molecule has 0 radical (unpaired) electrons. The summed E-state index contributed by atoms with van der Waals surface area (Å²) in [6, 6.07) is 25.6. The van der Waals surface area contributed by atoms with Crippen LogP contribution in [0.3, 0.4) is 0 Å². The Balaban J connectivity index is 1.29. The molecule has 0 amide bonds. The van der Waals surface area contributed by atoms with Crippen molar-refractivity contribution in [3.05, 3.63) is 112 Å². The molecule has 0 unspecified atom stereocenters. The number of anilines is 1. The van der Waals surface area contributed by atoms with Crippen molar-refractivity contribution in [1.82, 2.24) is 14.1 Å². The number of halogens is 1. The van der Waals surface area contributed by atoms with Crippen LogP contribution in [0.2, 0.25) is 0 Å². The Morgan fingerprint density at radius 1 is 0.878 bits per heavy atom. The number of carbonyl (C=O) groups is 1. The molecule has 3 heterocycles. The number of carbonyl (C=O) groups excluding carboxylic acids is 1. The third kappa shape index (κ3) is 7.78. The number of nitrogens with zero attached hydrogens (tertiary/aromatic N) is 4. The number of aryl methyl sites for hydroxylation is 1. The first-order valence-corrected chi connectivity index (χ1v) is 16.3. The average molecular weight is 669 g/mol. The summed E-state index contributed by atoms with van der Waals surface area (Å²) in [5.41, 5.74) is 1.09. The minimum absolute atomic E-state index is 0.129. The molecule has 1 aliphatic rings. The predicted octanol–water partition coefficient (Wildman–Crippen LogP) is 6.08. The molecule has 1 N–H and O–H groups in total. The van der Waals surface area contributed by atoms with E-state index >= 15 is 4.39 Å². The van der Waals surface area contributed by atoms with Gasteiger partial charge in [0.05, 0.1) is 28.7 Å². The zero-order valence-corrected chi connectivity index (χ0v) is 28.2. The van der Waals surface area contributed by atoms with Crippen molar-refractivity contribution >= 4 is 22.7 Å². The van der Waals surface area contributed by atoms with Gasteiger partial charge in [-0.1, -0.05) is 60.7 Å². The van der Waals surface area contributed by atoms with E-state index in [2.05, 4.69) is 4.98 Å². The number of imidazole rings is 1. The normalized spacial score (nSPS) is 14.5. The molecule has 1 aliphatic heterocycles. The van der Waals surface area contributed by atoms with Crippen LogP contribution in [0.25, 0.3) is 16.7 Å². The van der Waals surface area contributed by atoms with Gasteiger partial charge in [0.15, 0.2) is 0 Å². The molecule has 0 aliphatic carbocycles. The summed E-state index contributed by atoms with van der Waals surface area (Å²) < 4.78 is 36.4. The quantitative estimate of drug-likeness (QED) is 0.178. The zero-order chi connectivity index (χ0) is 34.8. The molecule has 1 saturated heterocycles. The first kappa shape index (κ1) is 33.7. The maximum Gasteiger partial charge on any atom is 0.333 e. The van der Waals surface area contributed by atoms with Gasteiger partial charge < -0.3 is 24.2 Å². The van der Waals surface area contributed by atoms with Gasteiger partial charge in [0.2, 0.25) is 11.8 Å². The van der Waals surface area contributed by atoms with Crippen LogP contribution < -0.4 is 20.1 Å². The Kier molecular flexibility index (Phi) is 9.47. The molecule has 1 fully saturated rings. The smallest absolute Gasteiger partial charge is 0.333 e. The van der Waals surface area contributed by atoms with E-state index in [0.717, 1.165) is 11.1 Å². The number of benzene rings is 3. The van der Waals surface area contributed by atoms with Crippen LogP contribution in [-0.2, 0) is 29.8 Å². The summed E-state index contributed by atoms with van der Waals surface area (Å²) in [7, 11) is 1.63. The van der Waals surface area contributed by atoms with Gasteiger partial charge >= 0.3 is 11.7 Å². The lowest BCUT2D eigenvalue weighted by Gasteiger charge is -2.39. The van der Waals surface area contributed by atoms with Crippen LogP contribution in [0.4, 0.5) is 10.1 Å². The number of rotatable bonds is 10. The van der Waals surface area contributed by atoms with Gasteiger partial charge in [0.25, 0.3) is 0 Å². The van der Waals surface area contributed by atoms with Crippen LogP contribution in [0.5, 0.6) is 11.8 Å². The summed E-state index contributed by atoms with van der Waals surface area (Å²) in [5, 5.41) is 11.1. The second kappa shape index (κ2) is 13.8. The SMILES string of the molecule is Cn1c(=O)n(-c2ccc(OCc3ccccc3)nc2OCc2ccccc2)c2cc(F)c(N3CCC(O)(CC(=O)OC(C)(C)C)CC3)cc21. The van der Waals surface area contributed by atoms with Gasteiger partial charge in [-0.05, 0) is 56.9 Å². The molecular formula is C38H41FN4O6. The molecule has 0 bridgehead atoms. The topological polar surface area (TPSA) is 108 Å². The van der Waals surface area contributed by atoms with E-state index in [1.165, 1.54) is 15.2 Å². The maximum atomic E-state index is 16.0. The van der Waals surface area contributed by atoms with E-state index in [4.69, 9.17) is 14.2 Å². The zero-order valence-electron chi connectivity index (χ0n) is 28.2. The number of esters is 1. The van der Waals surface area contributed by atoms with E-state index in [1.54, 1.807) is 46.0 Å². The minimum Gasteiger partial charge on any atom is -0.473 e. The highest BCUT2D eigenvalue weighted by atomic mass is 19.1. The third-order valence-corrected chi connectivity index (χ3v) is 8.56. The summed E-state index contributed by atoms with van der Waals surface area (Å²) >= 11 is 0. The first-order valence-electron chi connectivity index (χ1n) is 16.3. The predicted molar refractivity (Wildman–Crippen MR) is 185 cm³/mol. The van der Waals surface area contributed by atoms with Crippen LogP contribution in [0.15, 0.2) is 89.7 Å². The van der Waals surface area contributed by atoms with Crippen molar-refractivity contribution in [3.8, 4) is 17.4 Å². The Morgan fingerprint density at radius 2 is 1.49 bits per heavy atom. The lowest BCUT2D eigenvalue weighted by Crippen LogP contribution is -2.46. The number of hydrogen-bond donors (Lipinski definition) is 1. The average Bonchev–Trinajstić information content (AvgIpc) is 3.30. The van der Waals surface area contributed by atoms with Gasteiger partial charge in [-0.15, -0.1) is 0 Å². The largest absolute Gasteiger partial charge is 0.473 e. The van der Waals surface area contributed by atoms with E-state index in [-0.39, 0.29) is 31.7 Å². The van der Waals surface area contributed by atoms with Gasteiger partial charge in [0.1, 0.15) is 30.3 Å². The van der Waals surface area contributed by atoms with Crippen LogP contribution in [0.1, 0.15) is 51.2 Å². The van der Waals surface area contributed by atoms with E-state index < -0.39 is 28.7 Å². The molecule has 0 atom stereocenters. The fourth-order valence-corrected chi connectivity index (χ4v) is 6.04. The van der Waals surface area contributed by atoms with Gasteiger partial charge in [-0.3, -0.25) is 13.9 Å². The number of pyridine rings is 1. The van der Waals surface area contributed by atoms with E-state index in [0.29, 0.717) is 48.0 Å². The number of hydrogen-bond acceptors (Lipinski definition) is 8. The number of ether oxygens (including phenoxy) is 3. The lowest BCUT2D eigenvalue weighted by atomic mass is 9.88. The highest BCUT2D eigenvalue weighted by Gasteiger charge is 2.37. The van der Waals surface area contributed by atoms with Crippen molar-refractivity contribution in [2.45, 2.75) is 64.4 Å². The highest BCUT2D eigenvalue weighted by molar-refractivity contribution is 5.83. The molecule has 49 heavy (non-hydrogen) atoms. The van der Waals surface area contributed by atoms with Crippen LogP contribution in [-0.4, -0.2) is 49.5 Å². The monoisotopic (exact) mass is 668 g/mol. The van der Waals surface area contributed by atoms with E-state index in [1.807, 2.05) is 65.6 Å². The number of fused-ring (bicyclic) bond motifs is 1. The number of piperidine rings is 1. The Bertz CT molecular complexity index is 1990. The molecule has 10 nitrogen and oxygen atoms in total. The molecule has 6 rings (SSSR count). The Labute approximate surface area is 284 Å². The summed E-state index contributed by atoms with van der Waals surface area (Å²) in [6.45, 7) is 6.47. The molecule has 0 spiro atoms. The number of aromatic nitrogens is 3. The van der Waals surface area contributed by atoms with Crippen LogP contribution in [0, 0.1) is 5.82 Å². The van der Waals surface area contributed by atoms with Gasteiger partial charge in [-0.25, -0.2) is 9.18 Å². The summed E-state index contributed by atoms with van der Waals surface area (Å²) in [5.74, 6) is -0.514. The van der Waals surface area contributed by atoms with Crippen molar-refractivity contribution in [3.63, 3.8) is 0 Å². The van der Waals surface area contributed by atoms with Crippen molar-refractivity contribution in [1.29, 1.82) is 0 Å². The lowest BCUT2D eigenvalue weighted by molar-refractivity contribution is -0.161. The molecule has 256 valence electrons. The number of aliphatic hydroxyl groups is 1. The molecule has 2 aromatic heterocycles. The second-order valence-corrected chi connectivity index (χ2v) is 13.5. The molecule has 0 saturated carbocycles. The fourth-order valence-electron chi connectivity index (χ4n) is 6.04. The van der Waals surface area contributed by atoms with Gasteiger partial charge in [0, 0.05) is 32.3 Å². The van der Waals surface area contributed by atoms with Crippen molar-refractivity contribution in [2.24, 2.45) is 7.05 Å². The molecule has 5 aromatic rings. The van der Waals surface area contributed by atoms with E-state index in [9.17, 15) is 14.7 Å². The summed E-state index contributed by atoms with van der Waals surface area (Å²) in [6.07, 6.45) is 0.391. The minimum atomic E-state index is -1.24. The Morgan fingerprint density at radius 3 is 2.10 bits per heavy atom. The van der Waals surface area contributed by atoms with Crippen LogP contribution >= 0.6 is 0 Å². The Hall–Kier alpha value is -5.16. The van der Waals surface area contributed by atoms with Crippen molar-refractivity contribution < 1.29 is 28.5 Å². The molecule has 11 heteroatoms.